The minimum absolute atomic E-state index is 0.403. The number of rotatable bonds is 7. The minimum atomic E-state index is -0.544. The van der Waals surface area contributed by atoms with E-state index in [-0.39, 0.29) is 0 Å². The smallest absolute Gasteiger partial charge is 0.408 e. The Morgan fingerprint density at radius 3 is 2.71 bits per heavy atom. The average molecular weight is 545 g/mol. The van der Waals surface area contributed by atoms with Gasteiger partial charge in [0.25, 0.3) is 0 Å². The lowest BCUT2D eigenvalue weighted by Gasteiger charge is -2.42. The SMILES string of the molecule is COCC1(NC(=O)OC(C)(C)C)CCN(Cc2c[nH]c3ncnc(Nc4cccc(Br)c4)c23)CC1. The van der Waals surface area contributed by atoms with Crippen molar-refractivity contribution in [2.45, 2.75) is 51.3 Å². The highest BCUT2D eigenvalue weighted by Gasteiger charge is 2.37. The van der Waals surface area contributed by atoms with Crippen LogP contribution in [0.2, 0.25) is 0 Å². The molecule has 0 atom stereocenters. The number of fused-ring (bicyclic) bond motifs is 1. The van der Waals surface area contributed by atoms with Crippen molar-refractivity contribution in [1.82, 2.24) is 25.2 Å². The normalized spacial score (nSPS) is 16.3. The fourth-order valence-corrected chi connectivity index (χ4v) is 4.83. The van der Waals surface area contributed by atoms with Crippen LogP contribution in [0, 0.1) is 0 Å². The first-order valence-electron chi connectivity index (χ1n) is 11.7. The van der Waals surface area contributed by atoms with Crippen LogP contribution in [0.25, 0.3) is 11.0 Å². The summed E-state index contributed by atoms with van der Waals surface area (Å²) in [5, 5.41) is 7.49. The van der Waals surface area contributed by atoms with E-state index in [0.717, 1.165) is 65.1 Å². The number of halogens is 1. The van der Waals surface area contributed by atoms with Crippen molar-refractivity contribution in [1.29, 1.82) is 0 Å². The van der Waals surface area contributed by atoms with E-state index in [0.29, 0.717) is 6.61 Å². The van der Waals surface area contributed by atoms with E-state index in [1.54, 1.807) is 13.4 Å². The number of aromatic nitrogens is 3. The number of ether oxygens (including phenoxy) is 2. The van der Waals surface area contributed by atoms with E-state index >= 15 is 0 Å². The van der Waals surface area contributed by atoms with Gasteiger partial charge in [-0.15, -0.1) is 0 Å². The Hall–Kier alpha value is -2.69. The molecule has 1 aliphatic heterocycles. The van der Waals surface area contributed by atoms with Gasteiger partial charge in [0.15, 0.2) is 0 Å². The summed E-state index contributed by atoms with van der Waals surface area (Å²) in [7, 11) is 1.66. The molecule has 0 spiro atoms. The summed E-state index contributed by atoms with van der Waals surface area (Å²) in [5.41, 5.74) is 1.88. The molecular formula is C25H33BrN6O3. The molecule has 0 bridgehead atoms. The summed E-state index contributed by atoms with van der Waals surface area (Å²) < 4.78 is 12.0. The number of piperidine rings is 1. The number of likely N-dealkylation sites (tertiary alicyclic amines) is 1. The van der Waals surface area contributed by atoms with E-state index in [4.69, 9.17) is 9.47 Å². The molecule has 2 aromatic heterocycles. The van der Waals surface area contributed by atoms with Gasteiger partial charge in [0.05, 0.1) is 17.5 Å². The van der Waals surface area contributed by atoms with E-state index in [2.05, 4.69) is 46.4 Å². The number of amides is 1. The van der Waals surface area contributed by atoms with Crippen molar-refractivity contribution in [2.75, 3.05) is 32.1 Å². The van der Waals surface area contributed by atoms with Crippen LogP contribution in [-0.2, 0) is 16.0 Å². The maximum atomic E-state index is 12.5. The van der Waals surface area contributed by atoms with Gasteiger partial charge in [-0.3, -0.25) is 4.90 Å². The number of benzene rings is 1. The lowest BCUT2D eigenvalue weighted by atomic mass is 9.88. The zero-order valence-electron chi connectivity index (χ0n) is 20.7. The van der Waals surface area contributed by atoms with Crippen LogP contribution in [0.15, 0.2) is 41.3 Å². The van der Waals surface area contributed by atoms with Gasteiger partial charge >= 0.3 is 6.09 Å². The number of methoxy groups -OCH3 is 1. The highest BCUT2D eigenvalue weighted by molar-refractivity contribution is 9.10. The van der Waals surface area contributed by atoms with Crippen LogP contribution in [0.4, 0.5) is 16.3 Å². The van der Waals surface area contributed by atoms with Crippen LogP contribution in [0.1, 0.15) is 39.2 Å². The molecule has 3 aromatic rings. The molecule has 1 aromatic carbocycles. The lowest BCUT2D eigenvalue weighted by Crippen LogP contribution is -2.58. The second-order valence-electron chi connectivity index (χ2n) is 10.0. The van der Waals surface area contributed by atoms with Gasteiger partial charge in [-0.1, -0.05) is 22.0 Å². The van der Waals surface area contributed by atoms with Crippen molar-refractivity contribution in [3.05, 3.63) is 46.8 Å². The third-order valence-electron chi connectivity index (χ3n) is 6.03. The number of nitrogens with one attached hydrogen (secondary N) is 3. The van der Waals surface area contributed by atoms with Gasteiger partial charge in [-0.05, 0) is 57.4 Å². The molecule has 10 heteroatoms. The molecule has 1 amide bonds. The average Bonchev–Trinajstić information content (AvgIpc) is 3.18. The number of aromatic amines is 1. The van der Waals surface area contributed by atoms with Gasteiger partial charge in [0.1, 0.15) is 23.4 Å². The van der Waals surface area contributed by atoms with Crippen molar-refractivity contribution >= 4 is 44.6 Å². The van der Waals surface area contributed by atoms with Crippen LogP contribution in [-0.4, -0.2) is 63.9 Å². The molecule has 0 aliphatic carbocycles. The predicted octanol–water partition coefficient (Wildman–Crippen LogP) is 4.97. The molecule has 0 unspecified atom stereocenters. The summed E-state index contributed by atoms with van der Waals surface area (Å²) in [4.78, 5) is 27.1. The Bertz CT molecular complexity index is 1170. The minimum Gasteiger partial charge on any atom is -0.444 e. The largest absolute Gasteiger partial charge is 0.444 e. The van der Waals surface area contributed by atoms with Crippen molar-refractivity contribution < 1.29 is 14.3 Å². The van der Waals surface area contributed by atoms with Gasteiger partial charge in [0.2, 0.25) is 0 Å². The van der Waals surface area contributed by atoms with Crippen LogP contribution in [0.3, 0.4) is 0 Å². The zero-order chi connectivity index (χ0) is 25.1. The van der Waals surface area contributed by atoms with E-state index < -0.39 is 17.2 Å². The number of anilines is 2. The molecular weight excluding hydrogens is 512 g/mol. The summed E-state index contributed by atoms with van der Waals surface area (Å²) in [5.74, 6) is 0.765. The quantitative estimate of drug-likeness (QED) is 0.385. The molecule has 3 heterocycles. The predicted molar refractivity (Wildman–Crippen MR) is 140 cm³/mol. The molecule has 9 nitrogen and oxygen atoms in total. The Kier molecular flexibility index (Phi) is 7.63. The number of carbonyl (C=O) groups is 1. The standard InChI is InChI=1S/C25H33BrN6O3/c1-24(2,3)35-23(33)31-25(15-34-4)8-10-32(11-9-25)14-17-13-27-21-20(17)22(29-16-28-21)30-19-7-5-6-18(26)12-19/h5-7,12-13,16H,8-11,14-15H2,1-4H3,(H,31,33)(H2,27,28,29,30). The Morgan fingerprint density at radius 2 is 2.03 bits per heavy atom. The molecule has 0 saturated carbocycles. The van der Waals surface area contributed by atoms with E-state index in [1.807, 2.05) is 51.2 Å². The topological polar surface area (TPSA) is 104 Å². The summed E-state index contributed by atoms with van der Waals surface area (Å²) in [6, 6.07) is 7.98. The zero-order valence-corrected chi connectivity index (χ0v) is 22.2. The number of hydrogen-bond acceptors (Lipinski definition) is 7. The Morgan fingerprint density at radius 1 is 1.26 bits per heavy atom. The van der Waals surface area contributed by atoms with Gasteiger partial charge in [0, 0.05) is 43.1 Å². The van der Waals surface area contributed by atoms with Crippen LogP contribution >= 0.6 is 15.9 Å². The lowest BCUT2D eigenvalue weighted by molar-refractivity contribution is 0.0190. The van der Waals surface area contributed by atoms with Gasteiger partial charge in [-0.25, -0.2) is 14.8 Å². The van der Waals surface area contributed by atoms with Crippen molar-refractivity contribution in [3.8, 4) is 0 Å². The first-order valence-corrected chi connectivity index (χ1v) is 12.5. The fourth-order valence-electron chi connectivity index (χ4n) is 4.43. The molecule has 188 valence electrons. The highest BCUT2D eigenvalue weighted by Crippen LogP contribution is 2.30. The maximum absolute atomic E-state index is 12.5. The van der Waals surface area contributed by atoms with Crippen LogP contribution in [0.5, 0.6) is 0 Å². The third kappa shape index (κ3) is 6.50. The second kappa shape index (κ2) is 10.5. The Labute approximate surface area is 214 Å². The molecule has 3 N–H and O–H groups in total. The first-order chi connectivity index (χ1) is 16.7. The fraction of sp³-hybridized carbons (Fsp3) is 0.480. The number of nitrogens with zero attached hydrogens (tertiary/aromatic N) is 3. The summed E-state index contributed by atoms with van der Waals surface area (Å²) in [6.07, 6.45) is 4.69. The van der Waals surface area contributed by atoms with Crippen molar-refractivity contribution in [3.63, 3.8) is 0 Å². The summed E-state index contributed by atoms with van der Waals surface area (Å²) >= 11 is 3.52. The molecule has 1 aliphatic rings. The number of H-pyrrole nitrogens is 1. The first kappa shape index (κ1) is 25.4. The number of carbonyl (C=O) groups excluding carboxylic acids is 1. The Balaban J connectivity index is 1.46. The molecule has 4 rings (SSSR count). The van der Waals surface area contributed by atoms with E-state index in [1.165, 1.54) is 0 Å². The van der Waals surface area contributed by atoms with Crippen molar-refractivity contribution in [2.24, 2.45) is 0 Å². The summed E-state index contributed by atoms with van der Waals surface area (Å²) in [6.45, 7) is 8.41. The molecule has 1 fully saturated rings. The molecule has 0 radical (unpaired) electrons. The number of hydrogen-bond donors (Lipinski definition) is 3. The third-order valence-corrected chi connectivity index (χ3v) is 6.53. The van der Waals surface area contributed by atoms with Crippen LogP contribution < -0.4 is 10.6 Å². The van der Waals surface area contributed by atoms with Gasteiger partial charge < -0.3 is 25.1 Å². The second-order valence-corrected chi connectivity index (χ2v) is 10.9. The highest BCUT2D eigenvalue weighted by atomic mass is 79.9. The molecule has 1 saturated heterocycles. The monoisotopic (exact) mass is 544 g/mol. The van der Waals surface area contributed by atoms with E-state index in [9.17, 15) is 4.79 Å². The molecule has 35 heavy (non-hydrogen) atoms. The maximum Gasteiger partial charge on any atom is 0.408 e. The number of alkyl carbamates (subject to hydrolysis) is 1. The van der Waals surface area contributed by atoms with Gasteiger partial charge in [-0.2, -0.15) is 0 Å².